The molecule has 1 unspecified atom stereocenters. The number of nitrogens with zero attached hydrogens (tertiary/aromatic N) is 4. The highest BCUT2D eigenvalue weighted by molar-refractivity contribution is 6.28. The second-order valence-corrected chi connectivity index (χ2v) is 4.82. The fourth-order valence-electron chi connectivity index (χ4n) is 1.54. The number of rotatable bonds is 7. The summed E-state index contributed by atoms with van der Waals surface area (Å²) >= 11 is 5.87. The number of aromatic nitrogens is 3. The second kappa shape index (κ2) is 7.33. The van der Waals surface area contributed by atoms with Crippen molar-refractivity contribution in [2.45, 2.75) is 26.3 Å². The highest BCUT2D eigenvalue weighted by Crippen LogP contribution is 2.10. The monoisotopic (exact) mass is 272 g/mol. The van der Waals surface area contributed by atoms with Crippen molar-refractivity contribution in [3.8, 4) is 0 Å². The van der Waals surface area contributed by atoms with Gasteiger partial charge in [0, 0.05) is 19.1 Å². The zero-order chi connectivity index (χ0) is 13.5. The Hall–Kier alpha value is -1.14. The minimum atomic E-state index is 0.197. The highest BCUT2D eigenvalue weighted by Gasteiger charge is 2.08. The van der Waals surface area contributed by atoms with Gasteiger partial charge < -0.3 is 15.5 Å². The van der Waals surface area contributed by atoms with Crippen molar-refractivity contribution in [1.82, 2.24) is 19.9 Å². The van der Waals surface area contributed by atoms with Crippen molar-refractivity contribution >= 4 is 23.5 Å². The molecule has 0 spiro atoms. The summed E-state index contributed by atoms with van der Waals surface area (Å²) in [5, 5.41) is 6.49. The SMILES string of the molecule is CCCNc1nc(Cl)nc(NC(C)CN(C)C)n1. The first-order chi connectivity index (χ1) is 8.51. The first kappa shape index (κ1) is 14.9. The molecule has 2 N–H and O–H groups in total. The highest BCUT2D eigenvalue weighted by atomic mass is 35.5. The van der Waals surface area contributed by atoms with Crippen LogP contribution in [0.2, 0.25) is 5.28 Å². The van der Waals surface area contributed by atoms with Crippen LogP contribution in [0.3, 0.4) is 0 Å². The van der Waals surface area contributed by atoms with Gasteiger partial charge in [0.15, 0.2) is 0 Å². The molecule has 1 heterocycles. The summed E-state index contributed by atoms with van der Waals surface area (Å²) in [4.78, 5) is 14.4. The molecular weight excluding hydrogens is 252 g/mol. The van der Waals surface area contributed by atoms with Crippen molar-refractivity contribution in [2.75, 3.05) is 37.8 Å². The zero-order valence-corrected chi connectivity index (χ0v) is 12.1. The number of hydrogen-bond acceptors (Lipinski definition) is 6. The van der Waals surface area contributed by atoms with E-state index in [2.05, 4.69) is 44.3 Å². The lowest BCUT2D eigenvalue weighted by atomic mass is 10.3. The topological polar surface area (TPSA) is 66.0 Å². The van der Waals surface area contributed by atoms with Crippen LogP contribution in [-0.2, 0) is 0 Å². The molecule has 0 bridgehead atoms. The molecule has 0 saturated carbocycles. The summed E-state index contributed by atoms with van der Waals surface area (Å²) in [6.07, 6.45) is 1.00. The van der Waals surface area contributed by atoms with Crippen LogP contribution >= 0.6 is 11.6 Å². The second-order valence-electron chi connectivity index (χ2n) is 4.49. The van der Waals surface area contributed by atoms with E-state index >= 15 is 0 Å². The lowest BCUT2D eigenvalue weighted by Gasteiger charge is -2.18. The molecule has 0 aliphatic heterocycles. The van der Waals surface area contributed by atoms with Crippen LogP contribution in [-0.4, -0.2) is 53.1 Å². The van der Waals surface area contributed by atoms with Gasteiger partial charge in [-0.1, -0.05) is 6.92 Å². The Morgan fingerprint density at radius 2 is 1.89 bits per heavy atom. The van der Waals surface area contributed by atoms with E-state index in [1.165, 1.54) is 0 Å². The molecule has 102 valence electrons. The normalized spacial score (nSPS) is 12.6. The van der Waals surface area contributed by atoms with Crippen LogP contribution in [0.5, 0.6) is 0 Å². The van der Waals surface area contributed by atoms with Gasteiger partial charge in [0.1, 0.15) is 0 Å². The molecule has 1 aromatic heterocycles. The van der Waals surface area contributed by atoms with Crippen molar-refractivity contribution < 1.29 is 0 Å². The number of halogens is 1. The maximum absolute atomic E-state index is 5.87. The lowest BCUT2D eigenvalue weighted by molar-refractivity contribution is 0.391. The van der Waals surface area contributed by atoms with E-state index in [9.17, 15) is 0 Å². The molecule has 0 saturated heterocycles. The van der Waals surface area contributed by atoms with E-state index in [4.69, 9.17) is 11.6 Å². The summed E-state index contributed by atoms with van der Waals surface area (Å²) in [7, 11) is 4.04. The van der Waals surface area contributed by atoms with Crippen molar-refractivity contribution in [1.29, 1.82) is 0 Å². The molecule has 0 fully saturated rings. The molecule has 0 aromatic carbocycles. The van der Waals surface area contributed by atoms with E-state index in [-0.39, 0.29) is 11.3 Å². The van der Waals surface area contributed by atoms with Gasteiger partial charge >= 0.3 is 0 Å². The molecule has 6 nitrogen and oxygen atoms in total. The van der Waals surface area contributed by atoms with Gasteiger partial charge in [-0.2, -0.15) is 15.0 Å². The Kier molecular flexibility index (Phi) is 6.07. The fraction of sp³-hybridized carbons (Fsp3) is 0.727. The van der Waals surface area contributed by atoms with Gasteiger partial charge in [-0.3, -0.25) is 0 Å². The third-order valence-corrected chi connectivity index (χ3v) is 2.32. The summed E-state index contributed by atoms with van der Waals surface area (Å²) in [5.74, 6) is 1.01. The largest absolute Gasteiger partial charge is 0.354 e. The summed E-state index contributed by atoms with van der Waals surface area (Å²) < 4.78 is 0. The number of hydrogen-bond donors (Lipinski definition) is 2. The molecule has 0 aliphatic rings. The average Bonchev–Trinajstić information content (AvgIpc) is 2.24. The standard InChI is InChI=1S/C11H21ClN6/c1-5-6-13-10-15-9(12)16-11(17-10)14-8(2)7-18(3)4/h8H,5-7H2,1-4H3,(H2,13,14,15,16,17). The van der Waals surface area contributed by atoms with Gasteiger partial charge in [0.05, 0.1) is 0 Å². The third kappa shape index (κ3) is 5.46. The zero-order valence-electron chi connectivity index (χ0n) is 11.4. The molecule has 0 radical (unpaired) electrons. The smallest absolute Gasteiger partial charge is 0.229 e. The molecular formula is C11H21ClN6. The van der Waals surface area contributed by atoms with E-state index in [1.54, 1.807) is 0 Å². The van der Waals surface area contributed by atoms with Gasteiger partial charge in [-0.05, 0) is 39.0 Å². The van der Waals surface area contributed by atoms with E-state index in [0.717, 1.165) is 19.5 Å². The minimum Gasteiger partial charge on any atom is -0.354 e. The number of anilines is 2. The lowest BCUT2D eigenvalue weighted by Crippen LogP contribution is -2.30. The average molecular weight is 273 g/mol. The Labute approximate surface area is 113 Å². The van der Waals surface area contributed by atoms with Crippen LogP contribution in [0.1, 0.15) is 20.3 Å². The maximum atomic E-state index is 5.87. The Morgan fingerprint density at radius 3 is 2.50 bits per heavy atom. The van der Waals surface area contributed by atoms with E-state index in [1.807, 2.05) is 14.1 Å². The predicted octanol–water partition coefficient (Wildman–Crippen LogP) is 1.71. The quantitative estimate of drug-likeness (QED) is 0.788. The molecule has 18 heavy (non-hydrogen) atoms. The van der Waals surface area contributed by atoms with E-state index < -0.39 is 0 Å². The van der Waals surface area contributed by atoms with Crippen LogP contribution < -0.4 is 10.6 Å². The number of nitrogens with one attached hydrogen (secondary N) is 2. The molecule has 1 rings (SSSR count). The molecule has 1 atom stereocenters. The Bertz CT molecular complexity index is 371. The van der Waals surface area contributed by atoms with Crippen LogP contribution in [0.4, 0.5) is 11.9 Å². The van der Waals surface area contributed by atoms with Crippen LogP contribution in [0, 0.1) is 0 Å². The van der Waals surface area contributed by atoms with Crippen molar-refractivity contribution in [3.05, 3.63) is 5.28 Å². The van der Waals surface area contributed by atoms with Crippen molar-refractivity contribution in [2.24, 2.45) is 0 Å². The molecule has 7 heteroatoms. The third-order valence-electron chi connectivity index (χ3n) is 2.16. The van der Waals surface area contributed by atoms with Crippen molar-refractivity contribution in [3.63, 3.8) is 0 Å². The molecule has 1 aromatic rings. The summed E-state index contributed by atoms with van der Waals surface area (Å²) in [6, 6.07) is 0.234. The summed E-state index contributed by atoms with van der Waals surface area (Å²) in [6.45, 7) is 5.85. The van der Waals surface area contributed by atoms with Gasteiger partial charge in [-0.15, -0.1) is 0 Å². The van der Waals surface area contributed by atoms with Gasteiger partial charge in [-0.25, -0.2) is 0 Å². The van der Waals surface area contributed by atoms with Crippen LogP contribution in [0.25, 0.3) is 0 Å². The van der Waals surface area contributed by atoms with Gasteiger partial charge in [0.25, 0.3) is 0 Å². The summed E-state index contributed by atoms with van der Waals surface area (Å²) in [5.41, 5.74) is 0. The fourth-order valence-corrected chi connectivity index (χ4v) is 1.70. The van der Waals surface area contributed by atoms with Crippen LogP contribution in [0.15, 0.2) is 0 Å². The maximum Gasteiger partial charge on any atom is 0.229 e. The first-order valence-corrected chi connectivity index (χ1v) is 6.45. The Balaban J connectivity index is 2.67. The minimum absolute atomic E-state index is 0.197. The predicted molar refractivity (Wildman–Crippen MR) is 75.3 cm³/mol. The number of likely N-dealkylation sites (N-methyl/N-ethyl adjacent to an activating group) is 1. The first-order valence-electron chi connectivity index (χ1n) is 6.08. The molecule has 0 aliphatic carbocycles. The molecule has 0 amide bonds. The Morgan fingerprint density at radius 1 is 1.22 bits per heavy atom. The van der Waals surface area contributed by atoms with E-state index in [0.29, 0.717) is 11.9 Å². The van der Waals surface area contributed by atoms with Gasteiger partial charge in [0.2, 0.25) is 17.2 Å².